The Morgan fingerprint density at radius 2 is 1.11 bits per heavy atom. The van der Waals surface area contributed by atoms with Crippen molar-refractivity contribution in [3.8, 4) is 28.0 Å². The van der Waals surface area contributed by atoms with Crippen LogP contribution in [0.4, 0.5) is 0 Å². The van der Waals surface area contributed by atoms with Crippen molar-refractivity contribution in [1.29, 1.82) is 0 Å². The van der Waals surface area contributed by atoms with Crippen molar-refractivity contribution in [3.63, 3.8) is 0 Å². The molecule has 0 radical (unpaired) electrons. The van der Waals surface area contributed by atoms with Crippen molar-refractivity contribution < 1.29 is 4.74 Å². The topological polar surface area (TPSA) is 9.23 Å². The van der Waals surface area contributed by atoms with Crippen LogP contribution in [0.15, 0.2) is 60.7 Å². The van der Waals surface area contributed by atoms with Crippen molar-refractivity contribution >= 4 is 0 Å². The van der Waals surface area contributed by atoms with Gasteiger partial charge in [-0.15, -0.1) is 0 Å². The molecule has 1 heteroatoms. The van der Waals surface area contributed by atoms with Crippen LogP contribution < -0.4 is 4.74 Å². The molecular weight excluding hydrogens is 328 g/mol. The fourth-order valence-corrected chi connectivity index (χ4v) is 3.85. The summed E-state index contributed by atoms with van der Waals surface area (Å²) < 4.78 is 5.85. The third-order valence-electron chi connectivity index (χ3n) is 5.29. The minimum atomic E-state index is 0.465. The number of rotatable bonds is 5. The first kappa shape index (κ1) is 19.2. The summed E-state index contributed by atoms with van der Waals surface area (Å²) in [5, 5.41) is 0. The van der Waals surface area contributed by atoms with Crippen LogP contribution in [0.2, 0.25) is 0 Å². The van der Waals surface area contributed by atoms with Gasteiger partial charge in [0.15, 0.2) is 0 Å². The molecule has 0 aliphatic rings. The second-order valence-electron chi connectivity index (χ2n) is 7.85. The Bertz CT molecular complexity index is 935. The van der Waals surface area contributed by atoms with E-state index in [4.69, 9.17) is 4.74 Å². The largest absolute Gasteiger partial charge is 0.496 e. The van der Waals surface area contributed by atoms with Gasteiger partial charge in [-0.3, -0.25) is 0 Å². The van der Waals surface area contributed by atoms with E-state index < -0.39 is 0 Å². The Balaban J connectivity index is 2.22. The molecule has 3 aromatic rings. The zero-order valence-electron chi connectivity index (χ0n) is 17.3. The van der Waals surface area contributed by atoms with Gasteiger partial charge in [0, 0.05) is 5.56 Å². The summed E-state index contributed by atoms with van der Waals surface area (Å²) in [6, 6.07) is 21.8. The average molecular weight is 359 g/mol. The van der Waals surface area contributed by atoms with Gasteiger partial charge >= 0.3 is 0 Å². The van der Waals surface area contributed by atoms with E-state index in [1.165, 1.54) is 38.9 Å². The predicted octanol–water partition coefficient (Wildman–Crippen LogP) is 7.58. The molecule has 0 atom stereocenters. The molecule has 0 spiro atoms. The maximum Gasteiger partial charge on any atom is 0.127 e. The second-order valence-corrected chi connectivity index (χ2v) is 7.85. The number of aryl methyl sites for hydroxylation is 1. The highest BCUT2D eigenvalue weighted by Crippen LogP contribution is 2.41. The van der Waals surface area contributed by atoms with Crippen LogP contribution in [0.5, 0.6) is 5.75 Å². The third-order valence-corrected chi connectivity index (χ3v) is 5.29. The summed E-state index contributed by atoms with van der Waals surface area (Å²) in [5.41, 5.74) is 8.98. The standard InChI is InChI=1S/C26H30O/c1-17(2)20-11-7-9-13-22(20)24-16-26(27-6)25(15-19(24)5)23-14-10-8-12-21(23)18(3)4/h7-18H,1-6H3. The van der Waals surface area contributed by atoms with Crippen LogP contribution in [0, 0.1) is 6.92 Å². The maximum absolute atomic E-state index is 5.85. The van der Waals surface area contributed by atoms with Gasteiger partial charge in [0.05, 0.1) is 7.11 Å². The highest BCUT2D eigenvalue weighted by Gasteiger charge is 2.17. The lowest BCUT2D eigenvalue weighted by atomic mass is 9.87. The van der Waals surface area contributed by atoms with Gasteiger partial charge in [0.25, 0.3) is 0 Å². The number of ether oxygens (including phenoxy) is 1. The zero-order chi connectivity index (χ0) is 19.6. The Morgan fingerprint density at radius 1 is 0.630 bits per heavy atom. The minimum Gasteiger partial charge on any atom is -0.496 e. The van der Waals surface area contributed by atoms with Crippen molar-refractivity contribution in [3.05, 3.63) is 77.4 Å². The number of hydrogen-bond donors (Lipinski definition) is 0. The second kappa shape index (κ2) is 8.00. The van der Waals surface area contributed by atoms with E-state index in [0.717, 1.165) is 5.75 Å². The molecule has 0 saturated heterocycles. The van der Waals surface area contributed by atoms with E-state index in [2.05, 4.69) is 95.3 Å². The molecule has 140 valence electrons. The fraction of sp³-hybridized carbons (Fsp3) is 0.308. The molecule has 0 aromatic heterocycles. The number of hydrogen-bond acceptors (Lipinski definition) is 1. The summed E-state index contributed by atoms with van der Waals surface area (Å²) in [5.74, 6) is 1.88. The van der Waals surface area contributed by atoms with Gasteiger partial charge in [-0.2, -0.15) is 0 Å². The Hall–Kier alpha value is -2.54. The van der Waals surface area contributed by atoms with Crippen molar-refractivity contribution in [1.82, 2.24) is 0 Å². The van der Waals surface area contributed by atoms with E-state index in [1.807, 2.05) is 0 Å². The molecule has 27 heavy (non-hydrogen) atoms. The van der Waals surface area contributed by atoms with Crippen molar-refractivity contribution in [2.24, 2.45) is 0 Å². The van der Waals surface area contributed by atoms with Gasteiger partial charge < -0.3 is 4.74 Å². The highest BCUT2D eigenvalue weighted by atomic mass is 16.5. The molecule has 0 unspecified atom stereocenters. The molecule has 3 aromatic carbocycles. The van der Waals surface area contributed by atoms with E-state index in [9.17, 15) is 0 Å². The van der Waals surface area contributed by atoms with Gasteiger partial charge in [0.1, 0.15) is 5.75 Å². The summed E-state index contributed by atoms with van der Waals surface area (Å²) >= 11 is 0. The molecule has 0 saturated carbocycles. The van der Waals surface area contributed by atoms with Crippen LogP contribution in [0.1, 0.15) is 56.2 Å². The molecule has 0 amide bonds. The Kier molecular flexibility index (Phi) is 5.70. The van der Waals surface area contributed by atoms with Crippen molar-refractivity contribution in [2.45, 2.75) is 46.5 Å². The van der Waals surface area contributed by atoms with Crippen LogP contribution in [-0.2, 0) is 0 Å². The number of benzene rings is 3. The molecule has 0 bridgehead atoms. The smallest absolute Gasteiger partial charge is 0.127 e. The van der Waals surface area contributed by atoms with Crippen LogP contribution >= 0.6 is 0 Å². The SMILES string of the molecule is COc1cc(-c2ccccc2C(C)C)c(C)cc1-c1ccccc1C(C)C. The molecule has 0 aliphatic carbocycles. The van der Waals surface area contributed by atoms with Gasteiger partial charge in [-0.25, -0.2) is 0 Å². The van der Waals surface area contributed by atoms with Gasteiger partial charge in [-0.05, 0) is 64.3 Å². The predicted molar refractivity (Wildman–Crippen MR) is 117 cm³/mol. The molecule has 1 nitrogen and oxygen atoms in total. The first-order chi connectivity index (χ1) is 12.9. The summed E-state index contributed by atoms with van der Waals surface area (Å²) in [4.78, 5) is 0. The average Bonchev–Trinajstić information content (AvgIpc) is 2.67. The van der Waals surface area contributed by atoms with E-state index >= 15 is 0 Å². The lowest BCUT2D eigenvalue weighted by Gasteiger charge is -2.20. The summed E-state index contributed by atoms with van der Waals surface area (Å²) in [7, 11) is 1.77. The van der Waals surface area contributed by atoms with E-state index in [-0.39, 0.29) is 0 Å². The van der Waals surface area contributed by atoms with Gasteiger partial charge in [-0.1, -0.05) is 76.2 Å². The first-order valence-corrected chi connectivity index (χ1v) is 9.81. The van der Waals surface area contributed by atoms with Crippen LogP contribution in [0.3, 0.4) is 0 Å². The van der Waals surface area contributed by atoms with Crippen LogP contribution in [0.25, 0.3) is 22.3 Å². The van der Waals surface area contributed by atoms with E-state index in [0.29, 0.717) is 11.8 Å². The lowest BCUT2D eigenvalue weighted by Crippen LogP contribution is -1.98. The molecule has 3 rings (SSSR count). The molecule has 0 aliphatic heterocycles. The molecule has 0 heterocycles. The monoisotopic (exact) mass is 358 g/mol. The quantitative estimate of drug-likeness (QED) is 0.456. The summed E-state index contributed by atoms with van der Waals surface area (Å²) in [6.45, 7) is 11.2. The number of methoxy groups -OCH3 is 1. The minimum absolute atomic E-state index is 0.465. The Morgan fingerprint density at radius 3 is 1.59 bits per heavy atom. The molecule has 0 fully saturated rings. The van der Waals surface area contributed by atoms with E-state index in [1.54, 1.807) is 7.11 Å². The van der Waals surface area contributed by atoms with Crippen molar-refractivity contribution in [2.75, 3.05) is 7.11 Å². The Labute approximate surface area is 164 Å². The maximum atomic E-state index is 5.85. The lowest BCUT2D eigenvalue weighted by molar-refractivity contribution is 0.416. The first-order valence-electron chi connectivity index (χ1n) is 9.81. The molecular formula is C26H30O. The zero-order valence-corrected chi connectivity index (χ0v) is 17.3. The highest BCUT2D eigenvalue weighted by molar-refractivity contribution is 5.81. The normalized spacial score (nSPS) is 11.3. The molecule has 0 N–H and O–H groups in total. The fourth-order valence-electron chi connectivity index (χ4n) is 3.85. The summed E-state index contributed by atoms with van der Waals surface area (Å²) in [6.07, 6.45) is 0. The van der Waals surface area contributed by atoms with Crippen LogP contribution in [-0.4, -0.2) is 7.11 Å². The third kappa shape index (κ3) is 3.78. The van der Waals surface area contributed by atoms with Gasteiger partial charge in [0.2, 0.25) is 0 Å².